The Bertz CT molecular complexity index is 505. The van der Waals surface area contributed by atoms with Crippen LogP contribution in [-0.4, -0.2) is 47.9 Å². The maximum atomic E-state index is 11.4. The van der Waals surface area contributed by atoms with Crippen molar-refractivity contribution in [2.24, 2.45) is 5.41 Å². The van der Waals surface area contributed by atoms with Crippen molar-refractivity contribution >= 4 is 29.6 Å². The van der Waals surface area contributed by atoms with E-state index in [0.29, 0.717) is 17.5 Å². The molecule has 0 radical (unpaired) electrons. The maximum Gasteiger partial charge on any atom is 0.306 e. The van der Waals surface area contributed by atoms with Gasteiger partial charge < -0.3 is 15.4 Å². The van der Waals surface area contributed by atoms with Crippen molar-refractivity contribution in [2.75, 3.05) is 37.6 Å². The number of carbonyl (C=O) groups is 1. The second kappa shape index (κ2) is 5.82. The van der Waals surface area contributed by atoms with E-state index in [-0.39, 0.29) is 17.3 Å². The predicted molar refractivity (Wildman–Crippen MR) is 77.6 cm³/mol. The van der Waals surface area contributed by atoms with Crippen LogP contribution in [-0.2, 0) is 9.53 Å². The molecule has 1 aromatic heterocycles. The van der Waals surface area contributed by atoms with E-state index in [4.69, 9.17) is 10.5 Å². The molecule has 1 aromatic rings. The van der Waals surface area contributed by atoms with E-state index in [9.17, 15) is 4.79 Å². The van der Waals surface area contributed by atoms with Gasteiger partial charge in [-0.05, 0) is 18.3 Å². The SMILES string of the molecule is COC(=O)CC1(CSc2nc(N)nc(N(C)C)n2)CC1. The lowest BCUT2D eigenvalue weighted by atomic mass is 10.1. The van der Waals surface area contributed by atoms with Crippen LogP contribution in [0.5, 0.6) is 0 Å². The number of hydrogen-bond donors (Lipinski definition) is 1. The van der Waals surface area contributed by atoms with Crippen LogP contribution in [0, 0.1) is 5.41 Å². The van der Waals surface area contributed by atoms with Crippen molar-refractivity contribution in [2.45, 2.75) is 24.4 Å². The number of nitrogen functional groups attached to an aromatic ring is 1. The third-order valence-corrected chi connectivity index (χ3v) is 4.43. The minimum Gasteiger partial charge on any atom is -0.469 e. The smallest absolute Gasteiger partial charge is 0.306 e. The van der Waals surface area contributed by atoms with Gasteiger partial charge >= 0.3 is 5.97 Å². The fourth-order valence-electron chi connectivity index (χ4n) is 1.77. The molecule has 1 heterocycles. The fourth-order valence-corrected chi connectivity index (χ4v) is 2.90. The molecule has 0 spiro atoms. The molecule has 7 nitrogen and oxygen atoms in total. The molecule has 0 saturated heterocycles. The summed E-state index contributed by atoms with van der Waals surface area (Å²) in [5.41, 5.74) is 5.72. The first-order chi connectivity index (χ1) is 9.44. The highest BCUT2D eigenvalue weighted by Crippen LogP contribution is 2.51. The molecular weight excluding hydrogens is 278 g/mol. The van der Waals surface area contributed by atoms with Crippen molar-refractivity contribution in [3.05, 3.63) is 0 Å². The summed E-state index contributed by atoms with van der Waals surface area (Å²) in [5, 5.41) is 0.595. The monoisotopic (exact) mass is 297 g/mol. The van der Waals surface area contributed by atoms with Crippen molar-refractivity contribution in [3.63, 3.8) is 0 Å². The normalized spacial score (nSPS) is 15.8. The van der Waals surface area contributed by atoms with Gasteiger partial charge in [0.2, 0.25) is 11.9 Å². The summed E-state index contributed by atoms with van der Waals surface area (Å²) in [6, 6.07) is 0. The second-order valence-electron chi connectivity index (χ2n) is 5.21. The molecule has 1 aliphatic rings. The lowest BCUT2D eigenvalue weighted by molar-refractivity contribution is -0.141. The van der Waals surface area contributed by atoms with Crippen molar-refractivity contribution in [3.8, 4) is 0 Å². The summed E-state index contributed by atoms with van der Waals surface area (Å²) >= 11 is 1.51. The van der Waals surface area contributed by atoms with E-state index in [0.717, 1.165) is 18.6 Å². The molecule has 110 valence electrons. The number of anilines is 2. The molecule has 1 aliphatic carbocycles. The van der Waals surface area contributed by atoms with Crippen LogP contribution in [0.2, 0.25) is 0 Å². The van der Waals surface area contributed by atoms with Gasteiger partial charge in [0.15, 0.2) is 5.16 Å². The molecule has 0 aliphatic heterocycles. The van der Waals surface area contributed by atoms with Gasteiger partial charge in [-0.2, -0.15) is 15.0 Å². The topological polar surface area (TPSA) is 94.2 Å². The molecular formula is C12H19N5O2S. The molecule has 8 heteroatoms. The summed E-state index contributed by atoms with van der Waals surface area (Å²) in [4.78, 5) is 25.7. The van der Waals surface area contributed by atoms with Crippen LogP contribution < -0.4 is 10.6 Å². The first kappa shape index (κ1) is 14.8. The number of ether oxygens (including phenoxy) is 1. The highest BCUT2D eigenvalue weighted by Gasteiger charge is 2.44. The number of nitrogens with two attached hydrogens (primary N) is 1. The Morgan fingerprint density at radius 3 is 2.65 bits per heavy atom. The van der Waals surface area contributed by atoms with E-state index >= 15 is 0 Å². The zero-order valence-electron chi connectivity index (χ0n) is 11.9. The second-order valence-corrected chi connectivity index (χ2v) is 6.15. The number of thioether (sulfide) groups is 1. The minimum atomic E-state index is -0.160. The number of rotatable bonds is 6. The molecule has 20 heavy (non-hydrogen) atoms. The third-order valence-electron chi connectivity index (χ3n) is 3.23. The van der Waals surface area contributed by atoms with E-state index < -0.39 is 0 Å². The average molecular weight is 297 g/mol. The first-order valence-electron chi connectivity index (χ1n) is 6.33. The lowest BCUT2D eigenvalue weighted by Crippen LogP contribution is -2.16. The van der Waals surface area contributed by atoms with Crippen LogP contribution in [0.3, 0.4) is 0 Å². The Kier molecular flexibility index (Phi) is 4.32. The third kappa shape index (κ3) is 3.72. The van der Waals surface area contributed by atoms with Crippen LogP contribution in [0.25, 0.3) is 0 Å². The zero-order chi connectivity index (χ0) is 14.8. The number of hydrogen-bond acceptors (Lipinski definition) is 8. The van der Waals surface area contributed by atoms with E-state index in [1.807, 2.05) is 14.1 Å². The molecule has 1 saturated carbocycles. The number of nitrogens with zero attached hydrogens (tertiary/aromatic N) is 4. The summed E-state index contributed by atoms with van der Waals surface area (Å²) in [6.45, 7) is 0. The van der Waals surface area contributed by atoms with Crippen molar-refractivity contribution < 1.29 is 9.53 Å². The molecule has 2 N–H and O–H groups in total. The Balaban J connectivity index is 1.99. The van der Waals surface area contributed by atoms with Crippen LogP contribution in [0.1, 0.15) is 19.3 Å². The summed E-state index contributed by atoms with van der Waals surface area (Å²) in [7, 11) is 5.12. The summed E-state index contributed by atoms with van der Waals surface area (Å²) in [5.74, 6) is 1.38. The Morgan fingerprint density at radius 2 is 2.10 bits per heavy atom. The van der Waals surface area contributed by atoms with Gasteiger partial charge in [0.25, 0.3) is 0 Å². The molecule has 0 aromatic carbocycles. The van der Waals surface area contributed by atoms with Gasteiger partial charge in [-0.3, -0.25) is 4.79 Å². The van der Waals surface area contributed by atoms with Crippen LogP contribution >= 0.6 is 11.8 Å². The van der Waals surface area contributed by atoms with Gasteiger partial charge in [0.1, 0.15) is 0 Å². The van der Waals surface area contributed by atoms with E-state index in [1.54, 1.807) is 4.90 Å². The Hall–Kier alpha value is -1.57. The number of aromatic nitrogens is 3. The fraction of sp³-hybridized carbons (Fsp3) is 0.667. The standard InChI is InChI=1S/C12H19N5O2S/c1-17(2)10-14-9(13)15-11(16-10)20-7-12(4-5-12)6-8(18)19-3/h4-7H2,1-3H3,(H2,13,14,15,16). The van der Waals surface area contributed by atoms with Gasteiger partial charge in [-0.25, -0.2) is 0 Å². The quantitative estimate of drug-likeness (QED) is 0.613. The largest absolute Gasteiger partial charge is 0.469 e. The average Bonchev–Trinajstić information content (AvgIpc) is 3.16. The van der Waals surface area contributed by atoms with E-state index in [1.165, 1.54) is 18.9 Å². The number of esters is 1. The van der Waals surface area contributed by atoms with E-state index in [2.05, 4.69) is 15.0 Å². The molecule has 2 rings (SSSR count). The molecule has 0 bridgehead atoms. The lowest BCUT2D eigenvalue weighted by Gasteiger charge is -2.14. The number of methoxy groups -OCH3 is 1. The summed E-state index contributed by atoms with van der Waals surface area (Å²) in [6.07, 6.45) is 2.53. The van der Waals surface area contributed by atoms with Crippen LogP contribution in [0.15, 0.2) is 5.16 Å². The predicted octanol–water partition coefficient (Wildman–Crippen LogP) is 0.955. The van der Waals surface area contributed by atoms with Gasteiger partial charge in [-0.1, -0.05) is 11.8 Å². The summed E-state index contributed by atoms with van der Waals surface area (Å²) < 4.78 is 4.73. The van der Waals surface area contributed by atoms with Gasteiger partial charge in [0.05, 0.1) is 13.5 Å². The van der Waals surface area contributed by atoms with Gasteiger partial charge in [0, 0.05) is 19.8 Å². The molecule has 0 atom stereocenters. The Morgan fingerprint density at radius 1 is 1.40 bits per heavy atom. The highest BCUT2D eigenvalue weighted by molar-refractivity contribution is 7.99. The van der Waals surface area contributed by atoms with Crippen LogP contribution in [0.4, 0.5) is 11.9 Å². The molecule has 0 amide bonds. The Labute approximate surface area is 122 Å². The highest BCUT2D eigenvalue weighted by atomic mass is 32.2. The first-order valence-corrected chi connectivity index (χ1v) is 7.31. The maximum absolute atomic E-state index is 11.4. The molecule has 1 fully saturated rings. The number of carbonyl (C=O) groups excluding carboxylic acids is 1. The minimum absolute atomic E-state index is 0.0391. The molecule has 0 unspecified atom stereocenters. The van der Waals surface area contributed by atoms with Crippen molar-refractivity contribution in [1.29, 1.82) is 0 Å². The zero-order valence-corrected chi connectivity index (χ0v) is 12.7. The van der Waals surface area contributed by atoms with Gasteiger partial charge in [-0.15, -0.1) is 0 Å². The van der Waals surface area contributed by atoms with Crippen molar-refractivity contribution in [1.82, 2.24) is 15.0 Å².